The summed E-state index contributed by atoms with van der Waals surface area (Å²) in [5, 5.41) is 12.5. The highest BCUT2D eigenvalue weighted by Gasteiger charge is 2.51. The van der Waals surface area contributed by atoms with Crippen molar-refractivity contribution in [3.05, 3.63) is 66.2 Å². The fraction of sp³-hybridized carbons (Fsp3) is 0.357. The molecular formula is C28H31N3O6S. The first-order valence-electron chi connectivity index (χ1n) is 12.6. The number of aliphatic hydroxyl groups excluding tert-OH is 1. The van der Waals surface area contributed by atoms with Gasteiger partial charge in [-0.1, -0.05) is 24.3 Å². The van der Waals surface area contributed by atoms with Crippen molar-refractivity contribution in [1.82, 2.24) is 9.29 Å². The van der Waals surface area contributed by atoms with Gasteiger partial charge in [0.1, 0.15) is 5.82 Å². The highest BCUT2D eigenvalue weighted by Crippen LogP contribution is 2.50. The maximum Gasteiger partial charge on any atom is 0.243 e. The van der Waals surface area contributed by atoms with Crippen LogP contribution in [0.3, 0.4) is 0 Å². The summed E-state index contributed by atoms with van der Waals surface area (Å²) in [5.41, 5.74) is 1.55. The van der Waals surface area contributed by atoms with Crippen LogP contribution < -0.4 is 14.8 Å². The highest BCUT2D eigenvalue weighted by atomic mass is 32.2. The van der Waals surface area contributed by atoms with Crippen molar-refractivity contribution >= 4 is 21.7 Å². The van der Waals surface area contributed by atoms with E-state index >= 15 is 0 Å². The summed E-state index contributed by atoms with van der Waals surface area (Å²) in [5.74, 6) is 1.46. The van der Waals surface area contributed by atoms with Gasteiger partial charge in [-0.2, -0.15) is 4.31 Å². The standard InChI is InChI=1S/C28H31N3O6S/c1-36-24-13-10-20(17-25(24)37-2)28(14-15-28)27(33)30-26-7-3-6-23(29-26)19-8-11-22(12-9-19)38(34,35)31-16-4-5-21(31)18-32/h3,6-13,17,21,32H,4-5,14-16,18H2,1-2H3,(H,29,30,33)/t21-/m1/s1. The first-order valence-corrected chi connectivity index (χ1v) is 14.0. The molecule has 1 aliphatic carbocycles. The minimum absolute atomic E-state index is 0.139. The smallest absolute Gasteiger partial charge is 0.243 e. The molecule has 0 radical (unpaired) electrons. The number of hydrogen-bond acceptors (Lipinski definition) is 7. The molecule has 0 bridgehead atoms. The fourth-order valence-corrected chi connectivity index (χ4v) is 6.73. The summed E-state index contributed by atoms with van der Waals surface area (Å²) in [6.45, 7) is 0.219. The van der Waals surface area contributed by atoms with Crippen LogP contribution in [0.4, 0.5) is 5.82 Å². The van der Waals surface area contributed by atoms with Gasteiger partial charge in [0.05, 0.1) is 36.8 Å². The van der Waals surface area contributed by atoms with Crippen LogP contribution >= 0.6 is 0 Å². The molecule has 9 nitrogen and oxygen atoms in total. The molecular weight excluding hydrogens is 506 g/mol. The Morgan fingerprint density at radius 2 is 1.82 bits per heavy atom. The van der Waals surface area contributed by atoms with Crippen LogP contribution in [0.2, 0.25) is 0 Å². The number of benzene rings is 2. The molecule has 0 unspecified atom stereocenters. The van der Waals surface area contributed by atoms with Gasteiger partial charge in [-0.15, -0.1) is 0 Å². The Labute approximate surface area is 222 Å². The maximum atomic E-state index is 13.3. The Bertz CT molecular complexity index is 1440. The van der Waals surface area contributed by atoms with E-state index in [9.17, 15) is 18.3 Å². The van der Waals surface area contributed by atoms with Gasteiger partial charge in [-0.25, -0.2) is 13.4 Å². The van der Waals surface area contributed by atoms with E-state index in [4.69, 9.17) is 9.47 Å². The molecule has 1 saturated heterocycles. The number of carbonyl (C=O) groups excluding carboxylic acids is 1. The number of anilines is 1. The molecule has 200 valence electrons. The highest BCUT2D eigenvalue weighted by molar-refractivity contribution is 7.89. The number of aliphatic hydroxyl groups is 1. The van der Waals surface area contributed by atoms with Crippen molar-refractivity contribution in [3.63, 3.8) is 0 Å². The fourth-order valence-electron chi connectivity index (χ4n) is 5.05. The van der Waals surface area contributed by atoms with Crippen LogP contribution in [0.15, 0.2) is 65.6 Å². The number of nitrogens with zero attached hydrogens (tertiary/aromatic N) is 2. The maximum absolute atomic E-state index is 13.3. The molecule has 2 aliphatic rings. The van der Waals surface area contributed by atoms with E-state index in [1.165, 1.54) is 4.31 Å². The molecule has 1 saturated carbocycles. The predicted octanol–water partition coefficient (Wildman–Crippen LogP) is 3.58. The lowest BCUT2D eigenvalue weighted by molar-refractivity contribution is -0.118. The Balaban J connectivity index is 1.33. The minimum Gasteiger partial charge on any atom is -0.493 e. The molecule has 1 atom stereocenters. The zero-order valence-electron chi connectivity index (χ0n) is 21.4. The van der Waals surface area contributed by atoms with Crippen molar-refractivity contribution in [2.45, 2.75) is 42.0 Å². The van der Waals surface area contributed by atoms with Gasteiger partial charge >= 0.3 is 0 Å². The first kappa shape index (κ1) is 26.1. The molecule has 5 rings (SSSR count). The van der Waals surface area contributed by atoms with E-state index in [0.29, 0.717) is 36.0 Å². The van der Waals surface area contributed by atoms with Crippen molar-refractivity contribution in [1.29, 1.82) is 0 Å². The van der Waals surface area contributed by atoms with Crippen molar-refractivity contribution in [2.75, 3.05) is 32.7 Å². The van der Waals surface area contributed by atoms with E-state index < -0.39 is 15.4 Å². The third-order valence-electron chi connectivity index (χ3n) is 7.40. The van der Waals surface area contributed by atoms with Crippen LogP contribution in [0.5, 0.6) is 11.5 Å². The Morgan fingerprint density at radius 3 is 2.47 bits per heavy atom. The van der Waals surface area contributed by atoms with Crippen LogP contribution in [0.1, 0.15) is 31.2 Å². The second-order valence-electron chi connectivity index (χ2n) is 9.63. The molecule has 3 aromatic rings. The summed E-state index contributed by atoms with van der Waals surface area (Å²) in [6.07, 6.45) is 2.83. The normalized spacial score (nSPS) is 18.7. The van der Waals surface area contributed by atoms with Gasteiger partial charge in [0.2, 0.25) is 15.9 Å². The lowest BCUT2D eigenvalue weighted by Gasteiger charge is -2.22. The third kappa shape index (κ3) is 4.75. The second kappa shape index (κ2) is 10.4. The number of hydrogen-bond donors (Lipinski definition) is 2. The zero-order chi connectivity index (χ0) is 26.9. The van der Waals surface area contributed by atoms with Crippen LogP contribution in [-0.4, -0.2) is 62.1 Å². The Kier molecular flexibility index (Phi) is 7.13. The average Bonchev–Trinajstić information content (AvgIpc) is 3.62. The largest absolute Gasteiger partial charge is 0.493 e. The second-order valence-corrected chi connectivity index (χ2v) is 11.5. The predicted molar refractivity (Wildman–Crippen MR) is 143 cm³/mol. The molecule has 2 heterocycles. The molecule has 2 N–H and O–H groups in total. The lowest BCUT2D eigenvalue weighted by atomic mass is 9.94. The van der Waals surface area contributed by atoms with Crippen molar-refractivity contribution < 1.29 is 27.8 Å². The van der Waals surface area contributed by atoms with E-state index in [1.807, 2.05) is 18.2 Å². The van der Waals surface area contributed by atoms with Gasteiger partial charge in [-0.05, 0) is 67.6 Å². The third-order valence-corrected chi connectivity index (χ3v) is 9.37. The monoisotopic (exact) mass is 537 g/mol. The van der Waals surface area contributed by atoms with E-state index in [0.717, 1.165) is 30.4 Å². The summed E-state index contributed by atoms with van der Waals surface area (Å²) in [6, 6.07) is 17.0. The van der Waals surface area contributed by atoms with Crippen molar-refractivity contribution in [2.24, 2.45) is 0 Å². The van der Waals surface area contributed by atoms with Gasteiger partial charge in [0.15, 0.2) is 11.5 Å². The van der Waals surface area contributed by atoms with E-state index in [2.05, 4.69) is 10.3 Å². The van der Waals surface area contributed by atoms with Gasteiger partial charge in [0.25, 0.3) is 0 Å². The summed E-state index contributed by atoms with van der Waals surface area (Å²) < 4.78 is 38.2. The SMILES string of the molecule is COc1ccc(C2(C(=O)Nc3cccc(-c4ccc(S(=O)(=O)N5CCC[C@@H]5CO)cc4)n3)CC2)cc1OC. The van der Waals surface area contributed by atoms with Gasteiger partial charge in [-0.3, -0.25) is 4.79 Å². The lowest BCUT2D eigenvalue weighted by Crippen LogP contribution is -2.37. The summed E-state index contributed by atoms with van der Waals surface area (Å²) >= 11 is 0. The number of aromatic nitrogens is 1. The number of carbonyl (C=O) groups is 1. The number of methoxy groups -OCH3 is 2. The number of nitrogens with one attached hydrogen (secondary N) is 1. The number of rotatable bonds is 9. The van der Waals surface area contributed by atoms with E-state index in [-0.39, 0.29) is 23.5 Å². The summed E-state index contributed by atoms with van der Waals surface area (Å²) in [7, 11) is -0.551. The number of sulfonamides is 1. The number of ether oxygens (including phenoxy) is 2. The molecule has 1 aromatic heterocycles. The molecule has 38 heavy (non-hydrogen) atoms. The number of pyridine rings is 1. The first-order chi connectivity index (χ1) is 18.3. The van der Waals surface area contributed by atoms with Gasteiger partial charge < -0.3 is 19.9 Å². The average molecular weight is 538 g/mol. The molecule has 1 aliphatic heterocycles. The zero-order valence-corrected chi connectivity index (χ0v) is 22.2. The molecule has 1 amide bonds. The van der Waals surface area contributed by atoms with Crippen LogP contribution in [0.25, 0.3) is 11.3 Å². The van der Waals surface area contributed by atoms with Gasteiger partial charge in [0, 0.05) is 18.2 Å². The summed E-state index contributed by atoms with van der Waals surface area (Å²) in [4.78, 5) is 18.1. The van der Waals surface area contributed by atoms with Crippen LogP contribution in [-0.2, 0) is 20.2 Å². The Morgan fingerprint density at radius 1 is 1.08 bits per heavy atom. The topological polar surface area (TPSA) is 118 Å². The quantitative estimate of drug-likeness (QED) is 0.428. The molecule has 2 aromatic carbocycles. The minimum atomic E-state index is -3.69. The molecule has 2 fully saturated rings. The Hall–Kier alpha value is -3.47. The molecule has 10 heteroatoms. The van der Waals surface area contributed by atoms with Crippen molar-refractivity contribution in [3.8, 4) is 22.8 Å². The van der Waals surface area contributed by atoms with Crippen LogP contribution in [0, 0.1) is 0 Å². The van der Waals surface area contributed by atoms with E-state index in [1.54, 1.807) is 56.7 Å². The number of amides is 1. The molecule has 0 spiro atoms.